The highest BCUT2D eigenvalue weighted by Crippen LogP contribution is 2.18. The molecule has 0 aliphatic carbocycles. The summed E-state index contributed by atoms with van der Waals surface area (Å²) in [6, 6.07) is -0.711. The van der Waals surface area contributed by atoms with E-state index in [4.69, 9.17) is 4.74 Å². The van der Waals surface area contributed by atoms with E-state index in [-0.39, 0.29) is 24.9 Å². The average molecular weight is 941 g/mol. The Kier molecular flexibility index (Phi) is 53.0. The molecular formula is C61H113NO5. The van der Waals surface area contributed by atoms with Crippen LogP contribution in [-0.4, -0.2) is 46.9 Å². The lowest BCUT2D eigenvalue weighted by atomic mass is 10.0. The van der Waals surface area contributed by atoms with Gasteiger partial charge >= 0.3 is 5.97 Å². The minimum Gasteiger partial charge on any atom is -0.462 e. The predicted molar refractivity (Wildman–Crippen MR) is 292 cm³/mol. The lowest BCUT2D eigenvalue weighted by Crippen LogP contribution is -2.46. The summed E-state index contributed by atoms with van der Waals surface area (Å²) < 4.78 is 5.95. The van der Waals surface area contributed by atoms with Crippen LogP contribution in [0, 0.1) is 0 Å². The molecule has 0 aromatic carbocycles. The highest BCUT2D eigenvalue weighted by Gasteiger charge is 2.24. The molecule has 392 valence electrons. The third kappa shape index (κ3) is 50.0. The largest absolute Gasteiger partial charge is 0.462 e. The number of rotatable bonds is 53. The van der Waals surface area contributed by atoms with Crippen LogP contribution in [0.4, 0.5) is 0 Å². The van der Waals surface area contributed by atoms with Crippen LogP contribution in [0.15, 0.2) is 48.6 Å². The molecule has 0 radical (unpaired) electrons. The number of carbonyl (C=O) groups excluding carboxylic acids is 2. The Bertz CT molecular complexity index is 1150. The highest BCUT2D eigenvalue weighted by molar-refractivity contribution is 5.77. The molecule has 0 bridgehead atoms. The normalized spacial score (nSPS) is 13.4. The van der Waals surface area contributed by atoms with E-state index >= 15 is 0 Å². The van der Waals surface area contributed by atoms with Gasteiger partial charge in [0.25, 0.3) is 0 Å². The molecule has 6 heteroatoms. The molecule has 3 unspecified atom stereocenters. The molecule has 0 aromatic heterocycles. The van der Waals surface area contributed by atoms with Gasteiger partial charge < -0.3 is 20.3 Å². The third-order valence-corrected chi connectivity index (χ3v) is 13.4. The first-order valence-electron chi connectivity index (χ1n) is 29.4. The fourth-order valence-corrected chi connectivity index (χ4v) is 8.96. The van der Waals surface area contributed by atoms with Crippen LogP contribution in [-0.2, 0) is 14.3 Å². The van der Waals surface area contributed by atoms with Gasteiger partial charge in [-0.3, -0.25) is 9.59 Å². The standard InChI is InChI=1S/C61H113NO5/c1-4-7-10-13-16-19-22-25-28-30-31-33-36-39-42-45-48-51-54-61(66)67-57(52-49-46-43-40-37-34-27-24-21-18-15-12-9-6-3)55-60(65)62-58(56-63)59(64)53-50-47-44-41-38-35-32-29-26-23-20-17-14-11-8-5-2/h22,25,28,30-31,33-34,37,57-59,63-64H,4-21,23-24,26-27,29,32,35-36,38-56H2,1-3H3,(H,62,65)/b25-22+,30-28+,33-31+,37-34+. The zero-order valence-electron chi connectivity index (χ0n) is 44.8. The summed E-state index contributed by atoms with van der Waals surface area (Å²) in [5.74, 6) is -0.501. The van der Waals surface area contributed by atoms with Crippen molar-refractivity contribution in [1.29, 1.82) is 0 Å². The summed E-state index contributed by atoms with van der Waals surface area (Å²) in [7, 11) is 0. The fourth-order valence-electron chi connectivity index (χ4n) is 8.96. The number of unbranched alkanes of at least 4 members (excludes halogenated alkanes) is 35. The monoisotopic (exact) mass is 940 g/mol. The Morgan fingerprint density at radius 3 is 1.19 bits per heavy atom. The molecule has 0 spiro atoms. The quantitative estimate of drug-likeness (QED) is 0.0244. The molecule has 1 amide bonds. The van der Waals surface area contributed by atoms with Crippen molar-refractivity contribution in [3.05, 3.63) is 48.6 Å². The molecule has 67 heavy (non-hydrogen) atoms. The van der Waals surface area contributed by atoms with Crippen molar-refractivity contribution in [3.8, 4) is 0 Å². The minimum absolute atomic E-state index is 0.0600. The number of nitrogens with one attached hydrogen (secondary N) is 1. The van der Waals surface area contributed by atoms with Crippen LogP contribution < -0.4 is 5.32 Å². The predicted octanol–water partition coefficient (Wildman–Crippen LogP) is 18.2. The molecular weight excluding hydrogens is 827 g/mol. The topological polar surface area (TPSA) is 95.9 Å². The van der Waals surface area contributed by atoms with E-state index in [1.54, 1.807) is 0 Å². The number of aliphatic hydroxyl groups excluding tert-OH is 2. The maximum atomic E-state index is 13.3. The van der Waals surface area contributed by atoms with E-state index in [1.807, 2.05) is 0 Å². The van der Waals surface area contributed by atoms with E-state index in [0.717, 1.165) is 89.9 Å². The van der Waals surface area contributed by atoms with Crippen molar-refractivity contribution in [2.75, 3.05) is 6.61 Å². The van der Waals surface area contributed by atoms with Gasteiger partial charge in [-0.15, -0.1) is 0 Å². The van der Waals surface area contributed by atoms with Crippen molar-refractivity contribution in [2.45, 2.75) is 322 Å². The lowest BCUT2D eigenvalue weighted by molar-refractivity contribution is -0.151. The third-order valence-electron chi connectivity index (χ3n) is 13.4. The van der Waals surface area contributed by atoms with Crippen molar-refractivity contribution in [3.63, 3.8) is 0 Å². The fraction of sp³-hybridized carbons (Fsp3) is 0.836. The van der Waals surface area contributed by atoms with Gasteiger partial charge in [-0.25, -0.2) is 0 Å². The van der Waals surface area contributed by atoms with Crippen molar-refractivity contribution in [2.24, 2.45) is 0 Å². The van der Waals surface area contributed by atoms with Crippen LogP contribution in [0.2, 0.25) is 0 Å². The maximum Gasteiger partial charge on any atom is 0.306 e. The second kappa shape index (κ2) is 54.8. The summed E-state index contributed by atoms with van der Waals surface area (Å²) in [5, 5.41) is 23.9. The Morgan fingerprint density at radius 2 is 0.776 bits per heavy atom. The Balaban J connectivity index is 4.58. The summed E-state index contributed by atoms with van der Waals surface area (Å²) in [5.41, 5.74) is 0. The van der Waals surface area contributed by atoms with Crippen LogP contribution in [0.1, 0.15) is 303 Å². The van der Waals surface area contributed by atoms with Gasteiger partial charge in [0.15, 0.2) is 0 Å². The van der Waals surface area contributed by atoms with E-state index in [9.17, 15) is 19.8 Å². The molecule has 6 nitrogen and oxygen atoms in total. The van der Waals surface area contributed by atoms with Crippen LogP contribution in [0.5, 0.6) is 0 Å². The van der Waals surface area contributed by atoms with Gasteiger partial charge in [0, 0.05) is 6.42 Å². The summed E-state index contributed by atoms with van der Waals surface area (Å²) in [4.78, 5) is 26.3. The number of ether oxygens (including phenoxy) is 1. The maximum absolute atomic E-state index is 13.3. The van der Waals surface area contributed by atoms with Crippen molar-refractivity contribution < 1.29 is 24.5 Å². The molecule has 0 aromatic rings. The molecule has 0 aliphatic heterocycles. The smallest absolute Gasteiger partial charge is 0.306 e. The first kappa shape index (κ1) is 64.8. The van der Waals surface area contributed by atoms with E-state index < -0.39 is 18.2 Å². The molecule has 0 rings (SSSR count). The van der Waals surface area contributed by atoms with Gasteiger partial charge in [0.2, 0.25) is 5.91 Å². The van der Waals surface area contributed by atoms with E-state index in [2.05, 4.69) is 74.7 Å². The zero-order valence-corrected chi connectivity index (χ0v) is 44.8. The number of hydrogen-bond donors (Lipinski definition) is 3. The summed E-state index contributed by atoms with van der Waals surface area (Å²) in [6.07, 6.45) is 67.4. The number of aliphatic hydroxyl groups is 2. The highest BCUT2D eigenvalue weighted by atomic mass is 16.5. The molecule has 0 fully saturated rings. The Hall–Kier alpha value is -2.18. The van der Waals surface area contributed by atoms with Crippen molar-refractivity contribution >= 4 is 11.9 Å². The second-order valence-corrected chi connectivity index (χ2v) is 20.1. The molecule has 3 N–H and O–H groups in total. The molecule has 0 aliphatic rings. The number of amides is 1. The van der Waals surface area contributed by atoms with Crippen LogP contribution in [0.25, 0.3) is 0 Å². The number of allylic oxidation sites excluding steroid dienone is 8. The lowest BCUT2D eigenvalue weighted by Gasteiger charge is -2.24. The molecule has 0 heterocycles. The van der Waals surface area contributed by atoms with Crippen molar-refractivity contribution in [1.82, 2.24) is 5.32 Å². The van der Waals surface area contributed by atoms with E-state index in [0.29, 0.717) is 19.3 Å². The molecule has 0 saturated carbocycles. The first-order chi connectivity index (χ1) is 33.0. The van der Waals surface area contributed by atoms with Gasteiger partial charge in [-0.2, -0.15) is 0 Å². The van der Waals surface area contributed by atoms with Gasteiger partial charge in [-0.1, -0.05) is 262 Å². The number of hydrogen-bond acceptors (Lipinski definition) is 5. The summed E-state index contributed by atoms with van der Waals surface area (Å²) >= 11 is 0. The molecule has 0 saturated heterocycles. The van der Waals surface area contributed by atoms with E-state index in [1.165, 1.54) is 167 Å². The average Bonchev–Trinajstić information content (AvgIpc) is 3.32. The van der Waals surface area contributed by atoms with Gasteiger partial charge in [0.05, 0.1) is 25.2 Å². The number of carbonyl (C=O) groups is 2. The summed E-state index contributed by atoms with van der Waals surface area (Å²) in [6.45, 7) is 6.49. The zero-order chi connectivity index (χ0) is 48.8. The first-order valence-corrected chi connectivity index (χ1v) is 29.4. The number of esters is 1. The SMILES string of the molecule is CCCCCCC/C=C/C=C/C=C/CCCCCCCC(=O)OC(CCCCC/C=C/CCCCCCCCC)CC(=O)NC(CO)C(O)CCCCCCCCCCCCCCCCCC. The van der Waals surface area contributed by atoms with Crippen LogP contribution >= 0.6 is 0 Å². The second-order valence-electron chi connectivity index (χ2n) is 20.1. The van der Waals surface area contributed by atoms with Gasteiger partial charge in [0.1, 0.15) is 6.10 Å². The molecule has 3 atom stereocenters. The Morgan fingerprint density at radius 1 is 0.433 bits per heavy atom. The minimum atomic E-state index is -0.796. The Labute approximate surface area is 416 Å². The van der Waals surface area contributed by atoms with Gasteiger partial charge in [-0.05, 0) is 77.0 Å². The van der Waals surface area contributed by atoms with Crippen LogP contribution in [0.3, 0.4) is 0 Å².